The first kappa shape index (κ1) is 15.2. The van der Waals surface area contributed by atoms with Crippen LogP contribution in [-0.2, 0) is 19.9 Å². The van der Waals surface area contributed by atoms with E-state index in [-0.39, 0.29) is 24.0 Å². The summed E-state index contributed by atoms with van der Waals surface area (Å²) >= 11 is 0. The van der Waals surface area contributed by atoms with Gasteiger partial charge in [0.05, 0.1) is 0 Å². The van der Waals surface area contributed by atoms with Gasteiger partial charge in [0.15, 0.2) is 12.4 Å². The van der Waals surface area contributed by atoms with E-state index in [0.29, 0.717) is 0 Å². The lowest BCUT2D eigenvalue weighted by molar-refractivity contribution is -0.671. The Hall–Kier alpha value is -0.900. The molecule has 1 nitrogen and oxygen atoms in total. The maximum atomic E-state index is 2.24. The van der Waals surface area contributed by atoms with Gasteiger partial charge >= 0.3 is 0 Å². The molecular formula is C16H20IN. The summed E-state index contributed by atoms with van der Waals surface area (Å²) in [6, 6.07) is 13.0. The molecule has 1 heterocycles. The summed E-state index contributed by atoms with van der Waals surface area (Å²) in [5.74, 6) is 0. The van der Waals surface area contributed by atoms with E-state index in [1.807, 2.05) is 0 Å². The Kier molecular flexibility index (Phi) is 6.33. The van der Waals surface area contributed by atoms with Crippen LogP contribution in [0, 0.1) is 6.92 Å². The molecule has 0 N–H and O–H groups in total. The maximum Gasteiger partial charge on any atom is 0.171 e. The quantitative estimate of drug-likeness (QED) is 0.538. The Bertz CT molecular complexity index is 480. The van der Waals surface area contributed by atoms with Gasteiger partial charge in [0.2, 0.25) is 0 Å². The minimum absolute atomic E-state index is 0. The third-order valence-corrected chi connectivity index (χ3v) is 3.17. The first-order valence-corrected chi connectivity index (χ1v) is 6.24. The summed E-state index contributed by atoms with van der Waals surface area (Å²) in [4.78, 5) is 0. The second-order valence-electron chi connectivity index (χ2n) is 4.66. The molecule has 2 heteroatoms. The zero-order valence-corrected chi connectivity index (χ0v) is 13.2. The Labute approximate surface area is 127 Å². The standard InChI is InChI=1S/C16H20N.HI/c1-14-13-17(2)12-11-16(14)10-6-9-15-7-4-3-5-8-15;/h3-5,7-8,11-13H,6,9-10H2,1-2H3;1H/q+1;/p-1. The summed E-state index contributed by atoms with van der Waals surface area (Å²) < 4.78 is 2.11. The lowest BCUT2D eigenvalue weighted by Gasteiger charge is -2.04. The molecule has 0 saturated carbocycles. The van der Waals surface area contributed by atoms with Crippen molar-refractivity contribution in [3.8, 4) is 0 Å². The van der Waals surface area contributed by atoms with Crippen LogP contribution < -0.4 is 28.5 Å². The van der Waals surface area contributed by atoms with Crippen molar-refractivity contribution in [3.63, 3.8) is 0 Å². The minimum atomic E-state index is 0. The fourth-order valence-electron chi connectivity index (χ4n) is 2.18. The zero-order valence-electron chi connectivity index (χ0n) is 11.1. The van der Waals surface area contributed by atoms with Gasteiger partial charge in [-0.25, -0.2) is 4.57 Å². The molecule has 2 rings (SSSR count). The summed E-state index contributed by atoms with van der Waals surface area (Å²) in [7, 11) is 2.07. The number of hydrogen-bond acceptors (Lipinski definition) is 0. The number of pyridine rings is 1. The number of halogens is 1. The van der Waals surface area contributed by atoms with Gasteiger partial charge in [-0.05, 0) is 37.3 Å². The van der Waals surface area contributed by atoms with Gasteiger partial charge in [-0.1, -0.05) is 30.3 Å². The van der Waals surface area contributed by atoms with Gasteiger partial charge in [0.25, 0.3) is 0 Å². The summed E-state index contributed by atoms with van der Waals surface area (Å²) in [5.41, 5.74) is 4.30. The van der Waals surface area contributed by atoms with Crippen LogP contribution in [0.1, 0.15) is 23.1 Å². The smallest absolute Gasteiger partial charge is 0.171 e. The highest BCUT2D eigenvalue weighted by Gasteiger charge is 2.02. The second-order valence-corrected chi connectivity index (χ2v) is 4.66. The van der Waals surface area contributed by atoms with Crippen LogP contribution >= 0.6 is 0 Å². The first-order valence-electron chi connectivity index (χ1n) is 6.24. The summed E-state index contributed by atoms with van der Waals surface area (Å²) in [6.45, 7) is 2.19. The lowest BCUT2D eigenvalue weighted by atomic mass is 10.0. The van der Waals surface area contributed by atoms with E-state index >= 15 is 0 Å². The van der Waals surface area contributed by atoms with Crippen LogP contribution in [0.5, 0.6) is 0 Å². The van der Waals surface area contributed by atoms with E-state index in [2.05, 4.69) is 67.3 Å². The van der Waals surface area contributed by atoms with E-state index in [9.17, 15) is 0 Å². The molecule has 0 fully saturated rings. The molecule has 0 unspecified atom stereocenters. The van der Waals surface area contributed by atoms with Crippen LogP contribution in [0.25, 0.3) is 0 Å². The van der Waals surface area contributed by atoms with Crippen molar-refractivity contribution >= 4 is 0 Å². The van der Waals surface area contributed by atoms with Crippen molar-refractivity contribution in [1.29, 1.82) is 0 Å². The molecule has 0 aliphatic rings. The minimum Gasteiger partial charge on any atom is -1.00 e. The van der Waals surface area contributed by atoms with Crippen molar-refractivity contribution < 1.29 is 28.5 Å². The van der Waals surface area contributed by atoms with Crippen molar-refractivity contribution in [2.24, 2.45) is 7.05 Å². The maximum absolute atomic E-state index is 2.24. The van der Waals surface area contributed by atoms with Gasteiger partial charge in [0.1, 0.15) is 7.05 Å². The Morgan fingerprint density at radius 1 is 1.00 bits per heavy atom. The van der Waals surface area contributed by atoms with Gasteiger partial charge < -0.3 is 24.0 Å². The monoisotopic (exact) mass is 353 g/mol. The fraction of sp³-hybridized carbons (Fsp3) is 0.312. The average Bonchev–Trinajstić information content (AvgIpc) is 2.33. The number of nitrogens with zero attached hydrogens (tertiary/aromatic N) is 1. The molecule has 1 aromatic heterocycles. The molecule has 0 spiro atoms. The molecule has 96 valence electrons. The molecule has 0 bridgehead atoms. The van der Waals surface area contributed by atoms with Crippen molar-refractivity contribution in [2.45, 2.75) is 26.2 Å². The Morgan fingerprint density at radius 2 is 1.72 bits per heavy atom. The molecule has 0 aliphatic heterocycles. The topological polar surface area (TPSA) is 3.88 Å². The highest BCUT2D eigenvalue weighted by atomic mass is 127. The zero-order chi connectivity index (χ0) is 12.1. The third-order valence-electron chi connectivity index (χ3n) is 3.17. The van der Waals surface area contributed by atoms with Crippen LogP contribution in [-0.4, -0.2) is 0 Å². The SMILES string of the molecule is Cc1c[n+](C)ccc1CCCc1ccccc1.[I-]. The first-order chi connectivity index (χ1) is 8.25. The highest BCUT2D eigenvalue weighted by molar-refractivity contribution is 5.20. The van der Waals surface area contributed by atoms with Gasteiger partial charge in [-0.2, -0.15) is 0 Å². The number of hydrogen-bond donors (Lipinski definition) is 0. The molecule has 0 aliphatic carbocycles. The molecule has 0 saturated heterocycles. The van der Waals surface area contributed by atoms with Crippen molar-refractivity contribution in [3.05, 3.63) is 65.5 Å². The van der Waals surface area contributed by atoms with E-state index < -0.39 is 0 Å². The van der Waals surface area contributed by atoms with Gasteiger partial charge in [-0.15, -0.1) is 0 Å². The van der Waals surface area contributed by atoms with E-state index in [1.165, 1.54) is 36.0 Å². The molecule has 0 atom stereocenters. The van der Waals surface area contributed by atoms with Crippen molar-refractivity contribution in [1.82, 2.24) is 0 Å². The largest absolute Gasteiger partial charge is 1.00 e. The van der Waals surface area contributed by atoms with Crippen LogP contribution in [0.2, 0.25) is 0 Å². The van der Waals surface area contributed by atoms with Crippen LogP contribution in [0.4, 0.5) is 0 Å². The fourth-order valence-corrected chi connectivity index (χ4v) is 2.18. The van der Waals surface area contributed by atoms with Crippen LogP contribution in [0.15, 0.2) is 48.8 Å². The normalized spacial score (nSPS) is 9.89. The predicted molar refractivity (Wildman–Crippen MR) is 70.8 cm³/mol. The van der Waals surface area contributed by atoms with E-state index in [1.54, 1.807) is 0 Å². The molecular weight excluding hydrogens is 333 g/mol. The van der Waals surface area contributed by atoms with E-state index in [4.69, 9.17) is 0 Å². The van der Waals surface area contributed by atoms with Crippen molar-refractivity contribution in [2.75, 3.05) is 0 Å². The highest BCUT2D eigenvalue weighted by Crippen LogP contribution is 2.10. The second kappa shape index (κ2) is 7.52. The Balaban J connectivity index is 0.00000162. The number of aryl methyl sites for hydroxylation is 4. The molecule has 18 heavy (non-hydrogen) atoms. The molecule has 2 aromatic rings. The molecule has 0 amide bonds. The summed E-state index contributed by atoms with van der Waals surface area (Å²) in [6.07, 6.45) is 7.88. The van der Waals surface area contributed by atoms with Crippen LogP contribution in [0.3, 0.4) is 0 Å². The number of benzene rings is 1. The number of aromatic nitrogens is 1. The van der Waals surface area contributed by atoms with Gasteiger partial charge in [-0.3, -0.25) is 0 Å². The Morgan fingerprint density at radius 3 is 2.39 bits per heavy atom. The lowest BCUT2D eigenvalue weighted by Crippen LogP contribution is -3.00. The third kappa shape index (κ3) is 4.41. The molecule has 0 radical (unpaired) electrons. The summed E-state index contributed by atoms with van der Waals surface area (Å²) in [5, 5.41) is 0. The van der Waals surface area contributed by atoms with E-state index in [0.717, 1.165) is 0 Å². The predicted octanol–water partition coefficient (Wildman–Crippen LogP) is -0.00118. The molecule has 1 aromatic carbocycles. The average molecular weight is 353 g/mol. The number of rotatable bonds is 4. The van der Waals surface area contributed by atoms with Gasteiger partial charge in [0, 0.05) is 11.6 Å².